The van der Waals surface area contributed by atoms with Crippen molar-refractivity contribution < 1.29 is 16.8 Å². The molecule has 0 saturated heterocycles. The van der Waals surface area contributed by atoms with E-state index in [0.717, 1.165) is 11.1 Å². The Bertz CT molecular complexity index is 939. The van der Waals surface area contributed by atoms with Crippen LogP contribution in [0.1, 0.15) is 11.1 Å². The number of hydrogen-bond acceptors (Lipinski definition) is 4. The average Bonchev–Trinajstić information content (AvgIpc) is 2.51. The number of nitrogens with one attached hydrogen (secondary N) is 2. The molecule has 2 N–H and O–H groups in total. The van der Waals surface area contributed by atoms with Crippen LogP contribution in [0.4, 0.5) is 0 Å². The predicted octanol–water partition coefficient (Wildman–Crippen LogP) is 2.87. The van der Waals surface area contributed by atoms with Gasteiger partial charge in [-0.15, -0.1) is 0 Å². The van der Waals surface area contributed by atoms with Gasteiger partial charge in [0.05, 0.1) is 10.0 Å². The largest absolute Gasteiger partial charge is 0.242 e. The van der Waals surface area contributed by atoms with Crippen LogP contribution < -0.4 is 9.44 Å². The lowest BCUT2D eigenvalue weighted by molar-refractivity contribution is 0.570. The van der Waals surface area contributed by atoms with Gasteiger partial charge in [-0.05, 0) is 49.2 Å². The van der Waals surface area contributed by atoms with Crippen molar-refractivity contribution >= 4 is 43.2 Å². The molecule has 0 fully saturated rings. The first kappa shape index (κ1) is 21.1. The number of aryl methyl sites for hydroxylation is 2. The number of sulfonamides is 2. The first-order chi connectivity index (χ1) is 12.0. The number of benzene rings is 2. The van der Waals surface area contributed by atoms with E-state index in [2.05, 4.69) is 9.44 Å². The molecular weight excluding hydrogens is 419 g/mol. The van der Waals surface area contributed by atoms with Crippen molar-refractivity contribution in [3.8, 4) is 0 Å². The lowest BCUT2D eigenvalue weighted by Crippen LogP contribution is -2.35. The molecule has 10 heteroatoms. The highest BCUT2D eigenvalue weighted by molar-refractivity contribution is 7.90. The fraction of sp³-hybridized carbons (Fsp3) is 0.250. The maximum Gasteiger partial charge on any atom is 0.242 e. The quantitative estimate of drug-likeness (QED) is 0.652. The highest BCUT2D eigenvalue weighted by Gasteiger charge is 2.20. The van der Waals surface area contributed by atoms with Gasteiger partial charge >= 0.3 is 0 Å². The number of rotatable bonds is 7. The molecule has 2 rings (SSSR count). The second kappa shape index (κ2) is 8.24. The number of halogens is 2. The first-order valence-corrected chi connectivity index (χ1v) is 11.3. The van der Waals surface area contributed by atoms with E-state index in [1.807, 2.05) is 0 Å². The van der Waals surface area contributed by atoms with Gasteiger partial charge in [0, 0.05) is 13.1 Å². The van der Waals surface area contributed by atoms with Crippen molar-refractivity contribution in [1.29, 1.82) is 0 Å². The Hall–Kier alpha value is -1.16. The Kier molecular flexibility index (Phi) is 6.70. The molecule has 0 aromatic heterocycles. The van der Waals surface area contributed by atoms with Crippen LogP contribution in [0.3, 0.4) is 0 Å². The third kappa shape index (κ3) is 5.18. The first-order valence-electron chi connectivity index (χ1n) is 7.54. The minimum absolute atomic E-state index is 0.0609. The van der Waals surface area contributed by atoms with E-state index in [-0.39, 0.29) is 32.9 Å². The summed E-state index contributed by atoms with van der Waals surface area (Å²) in [7, 11) is -7.69. The van der Waals surface area contributed by atoms with E-state index in [4.69, 9.17) is 23.2 Å². The van der Waals surface area contributed by atoms with E-state index < -0.39 is 20.0 Å². The Morgan fingerprint density at radius 2 is 1.08 bits per heavy atom. The molecule has 0 atom stereocenters. The Morgan fingerprint density at radius 3 is 1.38 bits per heavy atom. The van der Waals surface area contributed by atoms with Crippen LogP contribution in [0.25, 0.3) is 0 Å². The van der Waals surface area contributed by atoms with E-state index in [9.17, 15) is 16.8 Å². The Labute approximate surface area is 163 Å². The van der Waals surface area contributed by atoms with Crippen LogP contribution in [-0.2, 0) is 20.0 Å². The monoisotopic (exact) mass is 436 g/mol. The topological polar surface area (TPSA) is 92.3 Å². The summed E-state index contributed by atoms with van der Waals surface area (Å²) in [5.74, 6) is 0. The van der Waals surface area contributed by atoms with E-state index in [0.29, 0.717) is 0 Å². The smallest absolute Gasteiger partial charge is 0.210 e. The van der Waals surface area contributed by atoms with Gasteiger partial charge in [0.1, 0.15) is 9.79 Å². The second-order valence-corrected chi connectivity index (χ2v) is 9.95. The van der Waals surface area contributed by atoms with E-state index in [1.165, 1.54) is 24.3 Å². The standard InChI is InChI=1S/C16H18Cl2N2O4S2/c1-11-3-5-15(13(17)9-11)25(21,22)19-7-8-20-26(23,24)16-6-4-12(2)10-14(16)18/h3-6,9-10,19-20H,7-8H2,1-2H3. The summed E-state index contributed by atoms with van der Waals surface area (Å²) < 4.78 is 53.6. The van der Waals surface area contributed by atoms with Gasteiger partial charge in [-0.3, -0.25) is 0 Å². The minimum Gasteiger partial charge on any atom is -0.210 e. The molecule has 0 radical (unpaired) electrons. The third-order valence-corrected chi connectivity index (χ3v) is 7.35. The van der Waals surface area contributed by atoms with Crippen molar-refractivity contribution in [2.75, 3.05) is 13.1 Å². The van der Waals surface area contributed by atoms with Gasteiger partial charge in [-0.1, -0.05) is 35.3 Å². The Balaban J connectivity index is 2.01. The molecule has 0 aliphatic heterocycles. The van der Waals surface area contributed by atoms with Crippen LogP contribution in [0, 0.1) is 13.8 Å². The van der Waals surface area contributed by atoms with Crippen molar-refractivity contribution in [2.45, 2.75) is 23.6 Å². The average molecular weight is 437 g/mol. The zero-order chi connectivity index (χ0) is 19.5. The van der Waals surface area contributed by atoms with E-state index >= 15 is 0 Å². The molecular formula is C16H18Cl2N2O4S2. The zero-order valence-corrected chi connectivity index (χ0v) is 17.2. The van der Waals surface area contributed by atoms with Crippen LogP contribution in [-0.4, -0.2) is 29.9 Å². The molecule has 142 valence electrons. The lowest BCUT2D eigenvalue weighted by atomic mass is 10.2. The molecule has 0 heterocycles. The van der Waals surface area contributed by atoms with Crippen LogP contribution in [0.5, 0.6) is 0 Å². The molecule has 0 amide bonds. The summed E-state index contributed by atoms with van der Waals surface area (Å²) in [6.07, 6.45) is 0. The fourth-order valence-corrected chi connectivity index (χ4v) is 5.43. The summed E-state index contributed by atoms with van der Waals surface area (Å²) in [5.41, 5.74) is 1.66. The normalized spacial score (nSPS) is 12.3. The van der Waals surface area contributed by atoms with Crippen molar-refractivity contribution in [3.63, 3.8) is 0 Å². The SMILES string of the molecule is Cc1ccc(S(=O)(=O)NCCNS(=O)(=O)c2ccc(C)cc2Cl)c(Cl)c1. The second-order valence-electron chi connectivity index (χ2n) is 5.66. The molecule has 0 unspecified atom stereocenters. The predicted molar refractivity (Wildman–Crippen MR) is 103 cm³/mol. The summed E-state index contributed by atoms with van der Waals surface area (Å²) >= 11 is 11.9. The van der Waals surface area contributed by atoms with Gasteiger partial charge in [0.25, 0.3) is 0 Å². The van der Waals surface area contributed by atoms with E-state index in [1.54, 1.807) is 26.0 Å². The molecule has 2 aromatic carbocycles. The van der Waals surface area contributed by atoms with Crippen LogP contribution in [0.15, 0.2) is 46.2 Å². The van der Waals surface area contributed by atoms with Gasteiger partial charge in [-0.25, -0.2) is 26.3 Å². The summed E-state index contributed by atoms with van der Waals surface area (Å²) in [4.78, 5) is -0.122. The molecule has 0 bridgehead atoms. The zero-order valence-electron chi connectivity index (χ0n) is 14.1. The maximum atomic E-state index is 12.3. The van der Waals surface area contributed by atoms with Crippen LogP contribution >= 0.6 is 23.2 Å². The summed E-state index contributed by atoms with van der Waals surface area (Å²) in [6.45, 7) is 3.30. The fourth-order valence-electron chi connectivity index (χ4n) is 2.17. The van der Waals surface area contributed by atoms with Gasteiger partial charge in [0.15, 0.2) is 0 Å². The molecule has 0 aliphatic carbocycles. The molecule has 0 spiro atoms. The Morgan fingerprint density at radius 1 is 0.731 bits per heavy atom. The van der Waals surface area contributed by atoms with Gasteiger partial charge < -0.3 is 0 Å². The minimum atomic E-state index is -3.85. The van der Waals surface area contributed by atoms with Crippen molar-refractivity contribution in [3.05, 3.63) is 57.6 Å². The van der Waals surface area contributed by atoms with Gasteiger partial charge in [0.2, 0.25) is 20.0 Å². The molecule has 26 heavy (non-hydrogen) atoms. The number of hydrogen-bond donors (Lipinski definition) is 2. The highest BCUT2D eigenvalue weighted by atomic mass is 35.5. The summed E-state index contributed by atoms with van der Waals surface area (Å²) in [5, 5.41) is 0.203. The summed E-state index contributed by atoms with van der Waals surface area (Å²) in [6, 6.07) is 9.13. The van der Waals surface area contributed by atoms with Crippen molar-refractivity contribution in [1.82, 2.24) is 9.44 Å². The lowest BCUT2D eigenvalue weighted by Gasteiger charge is -2.11. The maximum absolute atomic E-state index is 12.3. The van der Waals surface area contributed by atoms with Crippen molar-refractivity contribution in [2.24, 2.45) is 0 Å². The molecule has 2 aromatic rings. The van der Waals surface area contributed by atoms with Gasteiger partial charge in [-0.2, -0.15) is 0 Å². The molecule has 0 saturated carbocycles. The highest BCUT2D eigenvalue weighted by Crippen LogP contribution is 2.23. The molecule has 6 nitrogen and oxygen atoms in total. The third-order valence-electron chi connectivity index (χ3n) is 3.46. The van der Waals surface area contributed by atoms with Crippen LogP contribution in [0.2, 0.25) is 10.0 Å². The molecule has 0 aliphatic rings.